The summed E-state index contributed by atoms with van der Waals surface area (Å²) in [6, 6.07) is 6.47. The number of carbonyl (C=O) groups is 3. The van der Waals surface area contributed by atoms with Gasteiger partial charge in [-0.1, -0.05) is 13.8 Å². The van der Waals surface area contributed by atoms with Gasteiger partial charge in [0.1, 0.15) is 10.8 Å². The fraction of sp³-hybridized carbons (Fsp3) is 0.480. The molecule has 1 fully saturated rings. The van der Waals surface area contributed by atoms with E-state index in [-0.39, 0.29) is 23.8 Å². The first-order valence-electron chi connectivity index (χ1n) is 11.7. The third-order valence-electron chi connectivity index (χ3n) is 6.27. The van der Waals surface area contributed by atoms with Crippen molar-refractivity contribution in [3.8, 4) is 5.75 Å². The minimum Gasteiger partial charge on any atom is -0.497 e. The number of primary amides is 1. The van der Waals surface area contributed by atoms with Crippen LogP contribution in [0, 0.1) is 11.8 Å². The molecule has 1 aromatic carbocycles. The maximum Gasteiger partial charge on any atom is 0.319 e. The number of aryl methyl sites for hydroxylation is 1. The molecule has 2 aliphatic carbocycles. The van der Waals surface area contributed by atoms with Gasteiger partial charge >= 0.3 is 6.03 Å². The Morgan fingerprint density at radius 1 is 1.18 bits per heavy atom. The topological polar surface area (TPSA) is 114 Å². The molecule has 1 saturated carbocycles. The molecule has 1 unspecified atom stereocenters. The number of hydrogen-bond donors (Lipinski definition) is 3. The quantitative estimate of drug-likeness (QED) is 0.527. The van der Waals surface area contributed by atoms with Gasteiger partial charge in [0.25, 0.3) is 5.91 Å². The van der Waals surface area contributed by atoms with Crippen molar-refractivity contribution in [2.24, 2.45) is 17.6 Å². The Bertz CT molecular complexity index is 1080. The molecule has 2 aromatic rings. The Labute approximate surface area is 203 Å². The second-order valence-corrected chi connectivity index (χ2v) is 10.5. The molecular formula is C25H32N4O4S. The van der Waals surface area contributed by atoms with E-state index in [0.717, 1.165) is 23.3 Å². The predicted octanol–water partition coefficient (Wildman–Crippen LogP) is 3.93. The van der Waals surface area contributed by atoms with Crippen molar-refractivity contribution in [1.82, 2.24) is 5.32 Å². The molecule has 2 aliphatic rings. The van der Waals surface area contributed by atoms with Crippen LogP contribution in [0.5, 0.6) is 5.75 Å². The van der Waals surface area contributed by atoms with Crippen LogP contribution in [-0.4, -0.2) is 37.5 Å². The molecule has 0 aliphatic heterocycles. The normalized spacial score (nSPS) is 17.1. The van der Waals surface area contributed by atoms with Gasteiger partial charge in [0.05, 0.1) is 12.7 Å². The van der Waals surface area contributed by atoms with E-state index in [0.29, 0.717) is 53.7 Å². The van der Waals surface area contributed by atoms with E-state index in [1.807, 2.05) is 26.0 Å². The van der Waals surface area contributed by atoms with Crippen molar-refractivity contribution in [2.45, 2.75) is 52.0 Å². The molecule has 1 atom stereocenters. The fourth-order valence-electron chi connectivity index (χ4n) is 4.32. The van der Waals surface area contributed by atoms with Crippen LogP contribution in [0.15, 0.2) is 24.3 Å². The predicted molar refractivity (Wildman–Crippen MR) is 134 cm³/mol. The second-order valence-electron chi connectivity index (χ2n) is 9.38. The van der Waals surface area contributed by atoms with E-state index in [4.69, 9.17) is 10.5 Å². The van der Waals surface area contributed by atoms with Gasteiger partial charge in [-0.25, -0.2) is 4.79 Å². The van der Waals surface area contributed by atoms with Crippen LogP contribution in [0.25, 0.3) is 0 Å². The van der Waals surface area contributed by atoms with Crippen LogP contribution in [0.2, 0.25) is 0 Å². The number of nitrogens with two attached hydrogens (primary N) is 1. The molecule has 0 radical (unpaired) electrons. The first-order chi connectivity index (χ1) is 16.3. The third kappa shape index (κ3) is 5.19. The molecule has 34 heavy (non-hydrogen) atoms. The summed E-state index contributed by atoms with van der Waals surface area (Å²) in [4.78, 5) is 40.9. The number of ether oxygens (including phenoxy) is 1. The summed E-state index contributed by atoms with van der Waals surface area (Å²) in [5, 5.41) is 6.62. The SMILES string of the molecule is COc1ccc(N(C(N)=O)C2CCc3sc(NC(=O)C4CC4)c(C(=O)NCC(C)C)c3C2)cc1. The molecule has 9 heteroatoms. The molecule has 1 heterocycles. The number of amides is 4. The van der Waals surface area contributed by atoms with Gasteiger partial charge in [0.15, 0.2) is 0 Å². The summed E-state index contributed by atoms with van der Waals surface area (Å²) < 4.78 is 5.23. The zero-order chi connectivity index (χ0) is 24.4. The van der Waals surface area contributed by atoms with Gasteiger partial charge in [-0.05, 0) is 67.9 Å². The molecule has 0 bridgehead atoms. The molecular weight excluding hydrogens is 452 g/mol. The number of hydrogen-bond acceptors (Lipinski definition) is 5. The van der Waals surface area contributed by atoms with Crippen molar-refractivity contribution >= 4 is 39.9 Å². The average molecular weight is 485 g/mol. The first-order valence-corrected chi connectivity index (χ1v) is 12.6. The van der Waals surface area contributed by atoms with Gasteiger partial charge in [-0.15, -0.1) is 11.3 Å². The average Bonchev–Trinajstić information content (AvgIpc) is 3.60. The standard InChI is InChI=1S/C25H32N4O4S/c1-14(2)13-27-23(31)21-19-12-17(29(25(26)32)16-6-9-18(33-3)10-7-16)8-11-20(19)34-24(21)28-22(30)15-4-5-15/h6-7,9-10,14-15,17H,4-5,8,11-13H2,1-3H3,(H2,26,32)(H,27,31)(H,28,30). The minimum atomic E-state index is -0.540. The van der Waals surface area contributed by atoms with Crippen LogP contribution in [0.1, 0.15) is 53.9 Å². The Morgan fingerprint density at radius 3 is 2.47 bits per heavy atom. The number of urea groups is 1. The van der Waals surface area contributed by atoms with Crippen molar-refractivity contribution in [1.29, 1.82) is 0 Å². The zero-order valence-corrected chi connectivity index (χ0v) is 20.7. The zero-order valence-electron chi connectivity index (χ0n) is 19.8. The second kappa shape index (κ2) is 10.0. The maximum absolute atomic E-state index is 13.2. The Morgan fingerprint density at radius 2 is 1.88 bits per heavy atom. The van der Waals surface area contributed by atoms with E-state index in [2.05, 4.69) is 10.6 Å². The third-order valence-corrected chi connectivity index (χ3v) is 7.48. The number of benzene rings is 1. The number of fused-ring (bicyclic) bond motifs is 1. The molecule has 0 spiro atoms. The lowest BCUT2D eigenvalue weighted by molar-refractivity contribution is -0.117. The maximum atomic E-state index is 13.2. The van der Waals surface area contributed by atoms with E-state index >= 15 is 0 Å². The summed E-state index contributed by atoms with van der Waals surface area (Å²) in [5.74, 6) is 0.824. The van der Waals surface area contributed by atoms with E-state index in [1.165, 1.54) is 11.3 Å². The Kier molecular flexibility index (Phi) is 7.11. The summed E-state index contributed by atoms with van der Waals surface area (Å²) in [6.45, 7) is 4.62. The summed E-state index contributed by atoms with van der Waals surface area (Å²) in [5.41, 5.74) is 7.91. The number of nitrogens with zero attached hydrogens (tertiary/aromatic N) is 1. The van der Waals surface area contributed by atoms with Gasteiger partial charge in [0.2, 0.25) is 5.91 Å². The fourth-order valence-corrected chi connectivity index (χ4v) is 5.56. The highest BCUT2D eigenvalue weighted by Gasteiger charge is 2.36. The number of rotatable bonds is 8. The van der Waals surface area contributed by atoms with Crippen molar-refractivity contribution in [3.63, 3.8) is 0 Å². The lowest BCUT2D eigenvalue weighted by Crippen LogP contribution is -2.46. The minimum absolute atomic E-state index is 0.0231. The smallest absolute Gasteiger partial charge is 0.319 e. The number of methoxy groups -OCH3 is 1. The molecule has 4 rings (SSSR count). The molecule has 1 aromatic heterocycles. The van der Waals surface area contributed by atoms with Crippen molar-refractivity contribution in [2.75, 3.05) is 23.9 Å². The highest BCUT2D eigenvalue weighted by Crippen LogP contribution is 2.41. The monoisotopic (exact) mass is 484 g/mol. The number of carbonyl (C=O) groups excluding carboxylic acids is 3. The molecule has 182 valence electrons. The van der Waals surface area contributed by atoms with Gasteiger partial charge in [-0.3, -0.25) is 14.5 Å². The van der Waals surface area contributed by atoms with Crippen LogP contribution >= 0.6 is 11.3 Å². The summed E-state index contributed by atoms with van der Waals surface area (Å²) in [7, 11) is 1.59. The number of nitrogens with one attached hydrogen (secondary N) is 2. The van der Waals surface area contributed by atoms with Crippen LogP contribution in [0.4, 0.5) is 15.5 Å². The van der Waals surface area contributed by atoms with Crippen LogP contribution < -0.4 is 26.0 Å². The van der Waals surface area contributed by atoms with E-state index < -0.39 is 6.03 Å². The van der Waals surface area contributed by atoms with Crippen LogP contribution in [-0.2, 0) is 17.6 Å². The summed E-state index contributed by atoms with van der Waals surface area (Å²) in [6.07, 6.45) is 3.69. The van der Waals surface area contributed by atoms with Crippen LogP contribution in [0.3, 0.4) is 0 Å². The van der Waals surface area contributed by atoms with Crippen molar-refractivity contribution < 1.29 is 19.1 Å². The van der Waals surface area contributed by atoms with E-state index in [9.17, 15) is 14.4 Å². The van der Waals surface area contributed by atoms with Crippen molar-refractivity contribution in [3.05, 3.63) is 40.3 Å². The van der Waals surface area contributed by atoms with E-state index in [1.54, 1.807) is 24.1 Å². The number of thiophene rings is 1. The van der Waals surface area contributed by atoms with Gasteiger partial charge < -0.3 is 21.1 Å². The summed E-state index contributed by atoms with van der Waals surface area (Å²) >= 11 is 1.48. The van der Waals surface area contributed by atoms with Gasteiger partial charge in [0, 0.05) is 29.1 Å². The first kappa shape index (κ1) is 24.1. The Hall–Kier alpha value is -3.07. The Balaban J connectivity index is 1.64. The molecule has 8 nitrogen and oxygen atoms in total. The lowest BCUT2D eigenvalue weighted by Gasteiger charge is -2.33. The number of anilines is 2. The molecule has 0 saturated heterocycles. The highest BCUT2D eigenvalue weighted by atomic mass is 32.1. The lowest BCUT2D eigenvalue weighted by atomic mass is 9.89. The molecule has 4 N–H and O–H groups in total. The highest BCUT2D eigenvalue weighted by molar-refractivity contribution is 7.17. The largest absolute Gasteiger partial charge is 0.497 e. The van der Waals surface area contributed by atoms with Gasteiger partial charge in [-0.2, -0.15) is 0 Å². The molecule has 4 amide bonds.